The summed E-state index contributed by atoms with van der Waals surface area (Å²) in [5, 5.41) is 29.9. The maximum atomic E-state index is 12.4. The smallest absolute Gasteiger partial charge is 0.352 e. The summed E-state index contributed by atoms with van der Waals surface area (Å²) in [6, 6.07) is 3.89. The minimum absolute atomic E-state index is 0.0393. The lowest BCUT2D eigenvalue weighted by Crippen LogP contribution is -2.71. The van der Waals surface area contributed by atoms with Crippen molar-refractivity contribution in [3.63, 3.8) is 0 Å². The quantitative estimate of drug-likeness (QED) is 0.414. The Labute approximate surface area is 152 Å². The average molecular weight is 379 g/mol. The molecule has 0 aromatic heterocycles. The van der Waals surface area contributed by atoms with Crippen LogP contribution >= 0.6 is 11.8 Å². The fraction of sp³-hybridized carbons (Fsp3) is 0.312. The molecule has 2 aliphatic heterocycles. The van der Waals surface area contributed by atoms with Crippen molar-refractivity contribution in [1.29, 1.82) is 0 Å². The SMILES string of the molecule is NC(C(=O)NC1C(=O)N2C(C(=O)O)=C(CO)CS[C@@H]12)c1ccc(O)cc1. The molecule has 1 aromatic rings. The number of rotatable bonds is 5. The first kappa shape index (κ1) is 18.2. The molecule has 2 unspecified atom stereocenters. The number of fused-ring (bicyclic) bond motifs is 1. The molecule has 10 heteroatoms. The summed E-state index contributed by atoms with van der Waals surface area (Å²) >= 11 is 1.27. The highest BCUT2D eigenvalue weighted by atomic mass is 32.2. The molecule has 138 valence electrons. The van der Waals surface area contributed by atoms with Crippen molar-refractivity contribution in [1.82, 2.24) is 10.2 Å². The molecular weight excluding hydrogens is 362 g/mol. The molecule has 2 amide bonds. The highest BCUT2D eigenvalue weighted by molar-refractivity contribution is 8.00. The minimum Gasteiger partial charge on any atom is -0.508 e. The van der Waals surface area contributed by atoms with E-state index in [0.29, 0.717) is 5.56 Å². The molecule has 0 aliphatic carbocycles. The van der Waals surface area contributed by atoms with Gasteiger partial charge in [-0.3, -0.25) is 14.5 Å². The van der Waals surface area contributed by atoms with E-state index in [0.717, 1.165) is 4.90 Å². The molecule has 3 atom stereocenters. The number of carbonyl (C=O) groups is 3. The zero-order valence-corrected chi connectivity index (χ0v) is 14.3. The zero-order chi connectivity index (χ0) is 19.0. The first-order chi connectivity index (χ1) is 12.3. The van der Waals surface area contributed by atoms with E-state index >= 15 is 0 Å². The molecule has 0 saturated carbocycles. The van der Waals surface area contributed by atoms with Gasteiger partial charge < -0.3 is 26.4 Å². The number of aliphatic hydroxyl groups is 1. The van der Waals surface area contributed by atoms with Gasteiger partial charge in [0, 0.05) is 5.75 Å². The van der Waals surface area contributed by atoms with E-state index in [9.17, 15) is 29.7 Å². The number of phenols is 1. The van der Waals surface area contributed by atoms with Gasteiger partial charge in [-0.25, -0.2) is 4.79 Å². The molecule has 1 fully saturated rings. The summed E-state index contributed by atoms with van der Waals surface area (Å²) in [5.74, 6) is -2.14. The van der Waals surface area contributed by atoms with Crippen molar-refractivity contribution in [2.75, 3.05) is 12.4 Å². The Morgan fingerprint density at radius 1 is 1.35 bits per heavy atom. The Kier molecular flexibility index (Phi) is 4.90. The van der Waals surface area contributed by atoms with Crippen LogP contribution in [0.15, 0.2) is 35.5 Å². The van der Waals surface area contributed by atoms with Crippen LogP contribution in [0.1, 0.15) is 11.6 Å². The number of nitrogens with two attached hydrogens (primary N) is 1. The maximum absolute atomic E-state index is 12.4. The molecule has 0 spiro atoms. The number of carbonyl (C=O) groups excluding carboxylic acids is 2. The number of β-lactam (4-membered cyclic amide) rings is 1. The summed E-state index contributed by atoms with van der Waals surface area (Å²) < 4.78 is 0. The number of phenolic OH excluding ortho intramolecular Hbond substituents is 1. The Balaban J connectivity index is 1.72. The Hall–Kier alpha value is -2.56. The Morgan fingerprint density at radius 2 is 2.00 bits per heavy atom. The van der Waals surface area contributed by atoms with Crippen LogP contribution in [0, 0.1) is 0 Å². The van der Waals surface area contributed by atoms with E-state index in [2.05, 4.69) is 5.32 Å². The molecular formula is C16H17N3O6S. The average Bonchev–Trinajstić information content (AvgIpc) is 2.64. The number of aliphatic hydroxyl groups excluding tert-OH is 1. The molecule has 1 aromatic carbocycles. The van der Waals surface area contributed by atoms with Gasteiger partial charge in [-0.15, -0.1) is 11.8 Å². The highest BCUT2D eigenvalue weighted by Crippen LogP contribution is 2.40. The Morgan fingerprint density at radius 3 is 2.58 bits per heavy atom. The lowest BCUT2D eigenvalue weighted by atomic mass is 10.0. The van der Waals surface area contributed by atoms with Gasteiger partial charge in [-0.05, 0) is 23.3 Å². The summed E-state index contributed by atoms with van der Waals surface area (Å²) in [4.78, 5) is 37.2. The van der Waals surface area contributed by atoms with Gasteiger partial charge in [0.05, 0.1) is 6.61 Å². The molecule has 3 rings (SSSR count). The predicted molar refractivity (Wildman–Crippen MR) is 91.8 cm³/mol. The van der Waals surface area contributed by atoms with Crippen molar-refractivity contribution >= 4 is 29.5 Å². The highest BCUT2D eigenvalue weighted by Gasteiger charge is 2.54. The lowest BCUT2D eigenvalue weighted by molar-refractivity contribution is -0.151. The van der Waals surface area contributed by atoms with E-state index in [1.54, 1.807) is 0 Å². The van der Waals surface area contributed by atoms with Crippen molar-refractivity contribution < 1.29 is 29.7 Å². The van der Waals surface area contributed by atoms with Crippen molar-refractivity contribution in [2.45, 2.75) is 17.5 Å². The second-order valence-corrected chi connectivity index (χ2v) is 6.99. The molecule has 9 nitrogen and oxygen atoms in total. The zero-order valence-electron chi connectivity index (χ0n) is 13.5. The van der Waals surface area contributed by atoms with E-state index in [1.807, 2.05) is 0 Å². The lowest BCUT2D eigenvalue weighted by Gasteiger charge is -2.49. The second kappa shape index (κ2) is 6.98. The number of nitrogens with one attached hydrogen (secondary N) is 1. The second-order valence-electron chi connectivity index (χ2n) is 5.88. The first-order valence-electron chi connectivity index (χ1n) is 7.71. The number of nitrogens with zero attached hydrogens (tertiary/aromatic N) is 1. The van der Waals surface area contributed by atoms with Crippen LogP contribution in [0.25, 0.3) is 0 Å². The van der Waals surface area contributed by atoms with E-state index in [4.69, 9.17) is 5.73 Å². The van der Waals surface area contributed by atoms with E-state index in [-0.39, 0.29) is 22.8 Å². The summed E-state index contributed by atoms with van der Waals surface area (Å²) in [6.45, 7) is -0.451. The van der Waals surface area contributed by atoms with Gasteiger partial charge in [0.2, 0.25) is 5.91 Å². The number of hydrogen-bond donors (Lipinski definition) is 5. The molecule has 0 bridgehead atoms. The molecule has 2 aliphatic rings. The largest absolute Gasteiger partial charge is 0.508 e. The monoisotopic (exact) mass is 379 g/mol. The maximum Gasteiger partial charge on any atom is 0.352 e. The van der Waals surface area contributed by atoms with Gasteiger partial charge in [-0.1, -0.05) is 12.1 Å². The number of carboxylic acids is 1. The number of aliphatic carboxylic acids is 1. The number of benzene rings is 1. The van der Waals surface area contributed by atoms with Gasteiger partial charge in [0.25, 0.3) is 5.91 Å². The van der Waals surface area contributed by atoms with Gasteiger partial charge >= 0.3 is 5.97 Å². The molecule has 2 heterocycles. The standard InChI is InChI=1S/C16H17N3O6S/c17-10(7-1-3-9(21)4-2-7)13(22)18-11-14(23)19-12(16(24)25)8(5-20)6-26-15(11)19/h1-4,10-11,15,20-21H,5-6,17H2,(H,18,22)(H,24,25)/t10?,11?,15-/m0/s1. The van der Waals surface area contributed by atoms with Crippen LogP contribution in [0.2, 0.25) is 0 Å². The Bertz CT molecular complexity index is 794. The van der Waals surface area contributed by atoms with Crippen molar-refractivity contribution in [3.05, 3.63) is 41.1 Å². The number of thioether (sulfide) groups is 1. The normalized spacial score (nSPS) is 23.2. The fourth-order valence-corrected chi connectivity index (χ4v) is 4.22. The van der Waals surface area contributed by atoms with Crippen molar-refractivity contribution in [3.8, 4) is 5.75 Å². The van der Waals surface area contributed by atoms with Gasteiger partial charge in [-0.2, -0.15) is 0 Å². The molecule has 6 N–H and O–H groups in total. The van der Waals surface area contributed by atoms with Crippen LogP contribution in [-0.2, 0) is 14.4 Å². The number of amides is 2. The van der Waals surface area contributed by atoms with E-state index in [1.165, 1.54) is 36.0 Å². The third-order valence-electron chi connectivity index (χ3n) is 4.27. The third-order valence-corrected chi connectivity index (χ3v) is 5.61. The third kappa shape index (κ3) is 3.02. The fourth-order valence-electron chi connectivity index (χ4n) is 2.88. The molecule has 0 radical (unpaired) electrons. The summed E-state index contributed by atoms with van der Waals surface area (Å²) in [5.41, 5.74) is 6.39. The van der Waals surface area contributed by atoms with Crippen LogP contribution in [0.5, 0.6) is 5.75 Å². The predicted octanol–water partition coefficient (Wildman–Crippen LogP) is -0.877. The first-order valence-corrected chi connectivity index (χ1v) is 8.75. The van der Waals surface area contributed by atoms with Crippen LogP contribution in [0.3, 0.4) is 0 Å². The minimum atomic E-state index is -1.29. The van der Waals surface area contributed by atoms with Gasteiger partial charge in [0.15, 0.2) is 0 Å². The number of aromatic hydroxyl groups is 1. The van der Waals surface area contributed by atoms with Crippen LogP contribution in [0.4, 0.5) is 0 Å². The topological polar surface area (TPSA) is 153 Å². The summed E-state index contributed by atoms with van der Waals surface area (Å²) in [6.07, 6.45) is 0. The molecule has 1 saturated heterocycles. The van der Waals surface area contributed by atoms with Gasteiger partial charge in [0.1, 0.15) is 28.9 Å². The molecule has 26 heavy (non-hydrogen) atoms. The van der Waals surface area contributed by atoms with E-state index < -0.39 is 41.8 Å². The van der Waals surface area contributed by atoms with Crippen LogP contribution in [-0.4, -0.2) is 61.8 Å². The van der Waals surface area contributed by atoms with Crippen LogP contribution < -0.4 is 11.1 Å². The number of carboxylic acid groups (broad SMARTS) is 1. The number of hydrogen-bond acceptors (Lipinski definition) is 7. The van der Waals surface area contributed by atoms with Crippen molar-refractivity contribution in [2.24, 2.45) is 5.73 Å². The summed E-state index contributed by atoms with van der Waals surface area (Å²) in [7, 11) is 0.